The lowest BCUT2D eigenvalue weighted by molar-refractivity contribution is -0.117. The number of nitrogens with zero attached hydrogens (tertiary/aromatic N) is 3. The fraction of sp³-hybridized carbons (Fsp3) is 0.385. The van der Waals surface area contributed by atoms with E-state index in [4.69, 9.17) is 9.47 Å². The highest BCUT2D eigenvalue weighted by Gasteiger charge is 2.37. The Labute approximate surface area is 151 Å². The molecule has 9 nitrogen and oxygen atoms in total. The van der Waals surface area contributed by atoms with E-state index < -0.39 is 28.5 Å². The van der Waals surface area contributed by atoms with E-state index in [1.165, 1.54) is 4.68 Å². The van der Waals surface area contributed by atoms with Gasteiger partial charge in [-0.25, -0.2) is 18.1 Å². The van der Waals surface area contributed by atoms with Crippen LogP contribution in [0.3, 0.4) is 0 Å². The van der Waals surface area contributed by atoms with Crippen LogP contribution in [0.5, 0.6) is 0 Å². The van der Waals surface area contributed by atoms with E-state index in [0.29, 0.717) is 27.4 Å². The number of halogens is 2. The van der Waals surface area contributed by atoms with Gasteiger partial charge in [0.2, 0.25) is 0 Å². The molecule has 1 aliphatic heterocycles. The van der Waals surface area contributed by atoms with Crippen molar-refractivity contribution in [3.63, 3.8) is 0 Å². The van der Waals surface area contributed by atoms with Crippen LogP contribution in [0.15, 0.2) is 16.7 Å². The summed E-state index contributed by atoms with van der Waals surface area (Å²) in [6.45, 7) is 0.320. The highest BCUT2D eigenvalue weighted by Crippen LogP contribution is 2.36. The first-order valence-electron chi connectivity index (χ1n) is 7.08. The molecule has 1 aromatic heterocycles. The highest BCUT2D eigenvalue weighted by atomic mass is 79.9. The van der Waals surface area contributed by atoms with E-state index in [2.05, 4.69) is 21.0 Å². The summed E-state index contributed by atoms with van der Waals surface area (Å²) in [5.41, 5.74) is -0.186. The maximum absolute atomic E-state index is 14.5. The van der Waals surface area contributed by atoms with E-state index in [-0.39, 0.29) is 17.9 Å². The van der Waals surface area contributed by atoms with E-state index in [1.54, 1.807) is 13.3 Å². The number of methoxy groups -OCH3 is 1. The number of carbonyl (C=O) groups is 1. The Bertz CT molecular complexity index is 932. The molecule has 0 spiro atoms. The van der Waals surface area contributed by atoms with Gasteiger partial charge in [0.1, 0.15) is 24.5 Å². The minimum atomic E-state index is -4.15. The maximum Gasteiger partial charge on any atom is 0.326 e. The topological polar surface area (TPSA) is 103 Å². The van der Waals surface area contributed by atoms with Gasteiger partial charge in [0.05, 0.1) is 13.2 Å². The Balaban J connectivity index is 2.03. The molecule has 1 N–H and O–H groups in total. The molecule has 0 atom stereocenters. The molecule has 2 aromatic rings. The standard InChI is InChI=1S/C13H14BrFN4O5S/c1-23-2-3-24-7-18-5-8-9(14)4-10(15)13(12(8)16-18)19-6-11(20)17-25(19,21)22/h4-5H,2-3,6-7H2,1H3,(H,17,20). The molecule has 0 unspecified atom stereocenters. The van der Waals surface area contributed by atoms with Gasteiger partial charge >= 0.3 is 10.2 Å². The molecule has 1 fully saturated rings. The van der Waals surface area contributed by atoms with Gasteiger partial charge in [-0.1, -0.05) is 0 Å². The number of hydrogen-bond acceptors (Lipinski definition) is 6. The number of ether oxygens (including phenoxy) is 2. The van der Waals surface area contributed by atoms with Gasteiger partial charge in [-0.3, -0.25) is 4.79 Å². The normalized spacial score (nSPS) is 16.6. The second-order valence-corrected chi connectivity index (χ2v) is 7.64. The molecule has 1 amide bonds. The highest BCUT2D eigenvalue weighted by molar-refractivity contribution is 9.10. The molecule has 0 aliphatic carbocycles. The van der Waals surface area contributed by atoms with Gasteiger partial charge in [0, 0.05) is 23.2 Å². The van der Waals surface area contributed by atoms with Crippen molar-refractivity contribution in [1.29, 1.82) is 0 Å². The van der Waals surface area contributed by atoms with Gasteiger partial charge in [-0.2, -0.15) is 13.5 Å². The second kappa shape index (κ2) is 6.86. The lowest BCUT2D eigenvalue weighted by Crippen LogP contribution is -2.30. The number of hydrogen-bond donors (Lipinski definition) is 1. The number of amides is 1. The summed E-state index contributed by atoms with van der Waals surface area (Å²) < 4.78 is 53.1. The quantitative estimate of drug-likeness (QED) is 0.669. The predicted octanol–water partition coefficient (Wildman–Crippen LogP) is 0.739. The molecular weight excluding hydrogens is 423 g/mol. The van der Waals surface area contributed by atoms with Gasteiger partial charge < -0.3 is 9.47 Å². The molecular formula is C13H14BrFN4O5S. The van der Waals surface area contributed by atoms with Gasteiger partial charge in [0.15, 0.2) is 5.82 Å². The fourth-order valence-corrected chi connectivity index (χ4v) is 4.05. The van der Waals surface area contributed by atoms with Crippen molar-refractivity contribution in [2.24, 2.45) is 0 Å². The molecule has 25 heavy (non-hydrogen) atoms. The Morgan fingerprint density at radius 1 is 1.44 bits per heavy atom. The molecule has 0 saturated carbocycles. The fourth-order valence-electron chi connectivity index (χ4n) is 2.39. The zero-order valence-corrected chi connectivity index (χ0v) is 15.4. The Hall–Kier alpha value is -1.76. The van der Waals surface area contributed by atoms with Crippen LogP contribution in [0.4, 0.5) is 10.1 Å². The van der Waals surface area contributed by atoms with Crippen LogP contribution in [0, 0.1) is 5.82 Å². The average Bonchev–Trinajstić information content (AvgIpc) is 3.05. The minimum absolute atomic E-state index is 0.0788. The van der Waals surface area contributed by atoms with Crippen molar-refractivity contribution in [2.75, 3.05) is 31.2 Å². The van der Waals surface area contributed by atoms with Crippen molar-refractivity contribution in [3.8, 4) is 0 Å². The van der Waals surface area contributed by atoms with Crippen LogP contribution >= 0.6 is 15.9 Å². The number of anilines is 1. The Morgan fingerprint density at radius 3 is 2.84 bits per heavy atom. The van der Waals surface area contributed by atoms with Gasteiger partial charge in [-0.05, 0) is 22.0 Å². The lowest BCUT2D eigenvalue weighted by atomic mass is 10.2. The predicted molar refractivity (Wildman–Crippen MR) is 89.6 cm³/mol. The number of benzene rings is 1. The Kier molecular flexibility index (Phi) is 4.95. The summed E-state index contributed by atoms with van der Waals surface area (Å²) in [5, 5.41) is 4.69. The van der Waals surface area contributed by atoms with Crippen LogP contribution in [0.25, 0.3) is 10.9 Å². The number of carbonyl (C=O) groups excluding carboxylic acids is 1. The molecule has 1 aromatic carbocycles. The van der Waals surface area contributed by atoms with Crippen molar-refractivity contribution < 1.29 is 27.1 Å². The summed E-state index contributed by atoms with van der Waals surface area (Å²) in [7, 11) is -2.60. The number of rotatable bonds is 6. The van der Waals surface area contributed by atoms with Crippen LogP contribution < -0.4 is 9.03 Å². The first kappa shape index (κ1) is 18.0. The van der Waals surface area contributed by atoms with Crippen molar-refractivity contribution in [2.45, 2.75) is 6.73 Å². The van der Waals surface area contributed by atoms with Crippen LogP contribution in [0.1, 0.15) is 0 Å². The third kappa shape index (κ3) is 3.47. The van der Waals surface area contributed by atoms with Gasteiger partial charge in [-0.15, -0.1) is 0 Å². The third-order valence-corrected chi connectivity index (χ3v) is 5.48. The molecule has 12 heteroatoms. The molecule has 1 saturated heterocycles. The van der Waals surface area contributed by atoms with Crippen molar-refractivity contribution in [3.05, 3.63) is 22.6 Å². The smallest absolute Gasteiger partial charge is 0.326 e. The molecule has 0 radical (unpaired) electrons. The first-order valence-corrected chi connectivity index (χ1v) is 9.32. The van der Waals surface area contributed by atoms with Crippen LogP contribution in [-0.2, 0) is 31.2 Å². The summed E-state index contributed by atoms with van der Waals surface area (Å²) >= 11 is 3.23. The Morgan fingerprint density at radius 2 is 2.20 bits per heavy atom. The largest absolute Gasteiger partial charge is 0.382 e. The maximum atomic E-state index is 14.5. The summed E-state index contributed by atoms with van der Waals surface area (Å²) in [4.78, 5) is 11.4. The van der Waals surface area contributed by atoms with Crippen molar-refractivity contribution in [1.82, 2.24) is 14.5 Å². The first-order chi connectivity index (χ1) is 11.8. The summed E-state index contributed by atoms with van der Waals surface area (Å²) in [6.07, 6.45) is 1.59. The zero-order chi connectivity index (χ0) is 18.2. The molecule has 2 heterocycles. The van der Waals surface area contributed by atoms with E-state index >= 15 is 0 Å². The van der Waals surface area contributed by atoms with Gasteiger partial charge in [0.25, 0.3) is 5.91 Å². The summed E-state index contributed by atoms with van der Waals surface area (Å²) in [5.74, 6) is -1.55. The number of nitrogens with one attached hydrogen (secondary N) is 1. The molecule has 136 valence electrons. The summed E-state index contributed by atoms with van der Waals surface area (Å²) in [6, 6.07) is 1.13. The zero-order valence-electron chi connectivity index (χ0n) is 13.0. The SMILES string of the molecule is COCCOCn1cc2c(Br)cc(F)c(N3CC(=O)NS3(=O)=O)c2n1. The van der Waals surface area contributed by atoms with E-state index in [1.807, 2.05) is 4.72 Å². The monoisotopic (exact) mass is 436 g/mol. The van der Waals surface area contributed by atoms with Crippen LogP contribution in [-0.4, -0.2) is 51.0 Å². The average molecular weight is 437 g/mol. The molecule has 1 aliphatic rings. The second-order valence-electron chi connectivity index (χ2n) is 5.19. The number of aromatic nitrogens is 2. The molecule has 3 rings (SSSR count). The van der Waals surface area contributed by atoms with Crippen LogP contribution in [0.2, 0.25) is 0 Å². The van der Waals surface area contributed by atoms with Crippen molar-refractivity contribution >= 4 is 48.6 Å². The van der Waals surface area contributed by atoms with E-state index in [0.717, 1.165) is 6.07 Å². The number of fused-ring (bicyclic) bond motifs is 1. The third-order valence-electron chi connectivity index (χ3n) is 3.45. The minimum Gasteiger partial charge on any atom is -0.382 e. The molecule has 0 bridgehead atoms. The lowest BCUT2D eigenvalue weighted by Gasteiger charge is -2.16. The van der Waals surface area contributed by atoms with E-state index in [9.17, 15) is 17.6 Å².